The maximum atomic E-state index is 12.1. The highest BCUT2D eigenvalue weighted by atomic mass is 16.1. The van der Waals surface area contributed by atoms with Crippen molar-refractivity contribution in [2.24, 2.45) is 16.7 Å². The van der Waals surface area contributed by atoms with Crippen molar-refractivity contribution in [2.75, 3.05) is 13.6 Å². The van der Waals surface area contributed by atoms with Gasteiger partial charge in [0.05, 0.1) is 0 Å². The van der Waals surface area contributed by atoms with E-state index < -0.39 is 0 Å². The molecule has 1 unspecified atom stereocenters. The minimum atomic E-state index is 0.0715. The predicted molar refractivity (Wildman–Crippen MR) is 85.3 cm³/mol. The second-order valence-electron chi connectivity index (χ2n) is 7.61. The van der Waals surface area contributed by atoms with Crippen molar-refractivity contribution in [3.05, 3.63) is 34.9 Å². The largest absolute Gasteiger partial charge is 0.352 e. The van der Waals surface area contributed by atoms with Gasteiger partial charge in [-0.3, -0.25) is 4.79 Å². The van der Waals surface area contributed by atoms with E-state index in [1.807, 2.05) is 7.05 Å². The molecule has 1 saturated carbocycles. The first-order valence-corrected chi connectivity index (χ1v) is 7.89. The molecule has 1 amide bonds. The molecule has 0 spiro atoms. The average molecular weight is 286 g/mol. The zero-order valence-corrected chi connectivity index (χ0v) is 13.7. The van der Waals surface area contributed by atoms with Gasteiger partial charge in [0.25, 0.3) is 5.91 Å². The molecule has 0 aromatic heterocycles. The third kappa shape index (κ3) is 2.02. The number of amides is 1. The maximum Gasteiger partial charge on any atom is 0.251 e. The Morgan fingerprint density at radius 1 is 1.24 bits per heavy atom. The summed E-state index contributed by atoms with van der Waals surface area (Å²) in [7, 11) is 2.02. The average Bonchev–Trinajstić information content (AvgIpc) is 2.83. The molecule has 0 saturated heterocycles. The fourth-order valence-electron chi connectivity index (χ4n) is 4.23. The van der Waals surface area contributed by atoms with Crippen LogP contribution in [0.4, 0.5) is 0 Å². The molecule has 1 fully saturated rings. The Labute approximate surface area is 127 Å². The Hall–Kier alpha value is -1.35. The van der Waals surface area contributed by atoms with Gasteiger partial charge in [0.1, 0.15) is 0 Å². The van der Waals surface area contributed by atoms with Crippen LogP contribution < -0.4 is 10.6 Å². The van der Waals surface area contributed by atoms with Crippen LogP contribution in [0.5, 0.6) is 0 Å². The van der Waals surface area contributed by atoms with Crippen LogP contribution in [0.15, 0.2) is 18.2 Å². The summed E-state index contributed by atoms with van der Waals surface area (Å²) in [6.45, 7) is 10.1. The van der Waals surface area contributed by atoms with Crippen LogP contribution in [0.1, 0.15) is 55.2 Å². The van der Waals surface area contributed by atoms with E-state index in [1.54, 1.807) is 0 Å². The summed E-state index contributed by atoms with van der Waals surface area (Å²) in [5.41, 5.74) is 3.90. The van der Waals surface area contributed by atoms with Crippen LogP contribution in [-0.4, -0.2) is 19.5 Å². The van der Waals surface area contributed by atoms with E-state index >= 15 is 0 Å². The lowest BCUT2D eigenvalue weighted by Crippen LogP contribution is -2.32. The summed E-state index contributed by atoms with van der Waals surface area (Å²) in [6.07, 6.45) is 0.936. The van der Waals surface area contributed by atoms with Crippen LogP contribution in [0, 0.1) is 16.7 Å². The number of carbonyl (C=O) groups is 1. The Kier molecular flexibility index (Phi) is 3.17. The number of fused-ring (bicyclic) bond motifs is 1. The number of nitrogens with one attached hydrogen (secondary N) is 2. The van der Waals surface area contributed by atoms with Crippen LogP contribution >= 0.6 is 0 Å². The molecule has 1 heterocycles. The first-order valence-electron chi connectivity index (χ1n) is 7.89. The minimum Gasteiger partial charge on any atom is -0.352 e. The highest BCUT2D eigenvalue weighted by Crippen LogP contribution is 2.72. The summed E-state index contributed by atoms with van der Waals surface area (Å²) < 4.78 is 0. The molecule has 0 radical (unpaired) electrons. The molecule has 0 bridgehead atoms. The molecular formula is C18H26N2O. The van der Waals surface area contributed by atoms with E-state index in [2.05, 4.69) is 56.5 Å². The Morgan fingerprint density at radius 3 is 2.48 bits per heavy atom. The van der Waals surface area contributed by atoms with Crippen LogP contribution in [0.2, 0.25) is 0 Å². The zero-order chi connectivity index (χ0) is 15.4. The molecule has 1 aromatic carbocycles. The molecule has 1 aromatic rings. The molecule has 2 N–H and O–H groups in total. The normalized spacial score (nSPS) is 24.1. The fraction of sp³-hybridized carbons (Fsp3) is 0.611. The highest BCUT2D eigenvalue weighted by Gasteiger charge is 2.67. The fourth-order valence-corrected chi connectivity index (χ4v) is 4.23. The van der Waals surface area contributed by atoms with E-state index in [9.17, 15) is 4.79 Å². The molecule has 1 aliphatic carbocycles. The van der Waals surface area contributed by atoms with Gasteiger partial charge in [0.15, 0.2) is 0 Å². The van der Waals surface area contributed by atoms with Crippen molar-refractivity contribution in [1.82, 2.24) is 10.6 Å². The van der Waals surface area contributed by atoms with Crippen molar-refractivity contribution in [3.8, 4) is 0 Å². The lowest BCUT2D eigenvalue weighted by Gasteiger charge is -2.23. The summed E-state index contributed by atoms with van der Waals surface area (Å²) >= 11 is 0. The standard InChI is InChI=1S/C18H26N2O/c1-17(2)15(18(17,3)4)14(19-5)12-7-6-11-8-9-20-16(21)13(11)10-12/h6-7,10,14-15,19H,8-9H2,1-5H3,(H,20,21). The Balaban J connectivity index is 1.96. The van der Waals surface area contributed by atoms with Gasteiger partial charge >= 0.3 is 0 Å². The Morgan fingerprint density at radius 2 is 1.90 bits per heavy atom. The van der Waals surface area contributed by atoms with Crippen molar-refractivity contribution in [3.63, 3.8) is 0 Å². The first kappa shape index (κ1) is 14.6. The molecule has 3 nitrogen and oxygen atoms in total. The van der Waals surface area contributed by atoms with Crippen LogP contribution in [-0.2, 0) is 6.42 Å². The second-order valence-corrected chi connectivity index (χ2v) is 7.61. The van der Waals surface area contributed by atoms with Crippen molar-refractivity contribution >= 4 is 5.91 Å². The summed E-state index contributed by atoms with van der Waals surface area (Å²) in [5, 5.41) is 6.42. The highest BCUT2D eigenvalue weighted by molar-refractivity contribution is 5.96. The molecule has 1 aliphatic heterocycles. The predicted octanol–water partition coefficient (Wildman–Crippen LogP) is 2.92. The third-order valence-corrected chi connectivity index (χ3v) is 6.19. The third-order valence-electron chi connectivity index (χ3n) is 6.19. The first-order chi connectivity index (χ1) is 9.80. The van der Waals surface area contributed by atoms with E-state index in [0.717, 1.165) is 18.5 Å². The smallest absolute Gasteiger partial charge is 0.251 e. The number of benzene rings is 1. The zero-order valence-electron chi connectivity index (χ0n) is 13.7. The van der Waals surface area contributed by atoms with Crippen LogP contribution in [0.25, 0.3) is 0 Å². The summed E-state index contributed by atoms with van der Waals surface area (Å²) in [6, 6.07) is 6.73. The van der Waals surface area contributed by atoms with Gasteiger partial charge in [-0.2, -0.15) is 0 Å². The summed E-state index contributed by atoms with van der Waals surface area (Å²) in [4.78, 5) is 12.1. The number of rotatable bonds is 3. The molecule has 1 atom stereocenters. The molecule has 3 rings (SSSR count). The maximum absolute atomic E-state index is 12.1. The van der Waals surface area contributed by atoms with E-state index in [4.69, 9.17) is 0 Å². The number of hydrogen-bond acceptors (Lipinski definition) is 2. The van der Waals surface area contributed by atoms with Crippen LogP contribution in [0.3, 0.4) is 0 Å². The van der Waals surface area contributed by atoms with Crippen molar-refractivity contribution in [2.45, 2.75) is 40.2 Å². The van der Waals surface area contributed by atoms with E-state index in [1.165, 1.54) is 11.1 Å². The SMILES string of the molecule is CNC(c1ccc2c(c1)C(=O)NCC2)C1C(C)(C)C1(C)C. The molecule has 3 heteroatoms. The molecular weight excluding hydrogens is 260 g/mol. The monoisotopic (exact) mass is 286 g/mol. The Bertz CT molecular complexity index is 575. The molecule has 2 aliphatic rings. The van der Waals surface area contributed by atoms with Gasteiger partial charge in [-0.1, -0.05) is 39.8 Å². The lowest BCUT2D eigenvalue weighted by molar-refractivity contribution is 0.0946. The quantitative estimate of drug-likeness (QED) is 0.897. The second kappa shape index (κ2) is 4.57. The van der Waals surface area contributed by atoms with E-state index in [0.29, 0.717) is 22.8 Å². The molecule has 114 valence electrons. The van der Waals surface area contributed by atoms with Gasteiger partial charge in [-0.25, -0.2) is 0 Å². The lowest BCUT2D eigenvalue weighted by atomic mass is 9.91. The van der Waals surface area contributed by atoms with Crippen molar-refractivity contribution < 1.29 is 4.79 Å². The minimum absolute atomic E-state index is 0.0715. The van der Waals surface area contributed by atoms with Gasteiger partial charge in [-0.15, -0.1) is 0 Å². The van der Waals surface area contributed by atoms with E-state index in [-0.39, 0.29) is 5.91 Å². The van der Waals surface area contributed by atoms with Gasteiger partial charge in [-0.05, 0) is 47.4 Å². The topological polar surface area (TPSA) is 41.1 Å². The number of carbonyl (C=O) groups excluding carboxylic acids is 1. The molecule has 21 heavy (non-hydrogen) atoms. The van der Waals surface area contributed by atoms with Gasteiger partial charge < -0.3 is 10.6 Å². The number of hydrogen-bond donors (Lipinski definition) is 2. The summed E-state index contributed by atoms with van der Waals surface area (Å²) in [5.74, 6) is 0.655. The van der Waals surface area contributed by atoms with Crippen molar-refractivity contribution in [1.29, 1.82) is 0 Å². The van der Waals surface area contributed by atoms with Gasteiger partial charge in [0, 0.05) is 18.2 Å². The van der Waals surface area contributed by atoms with Gasteiger partial charge in [0.2, 0.25) is 0 Å².